The normalized spacial score (nSPS) is 16.1. The number of nitriles is 1. The van der Waals surface area contributed by atoms with Crippen molar-refractivity contribution in [2.75, 3.05) is 6.61 Å². The Labute approximate surface area is 181 Å². The Morgan fingerprint density at radius 3 is 2.55 bits per heavy atom. The molecule has 1 aliphatic rings. The van der Waals surface area contributed by atoms with Crippen LogP contribution in [0.1, 0.15) is 31.4 Å². The third-order valence-corrected chi connectivity index (χ3v) is 5.00. The summed E-state index contributed by atoms with van der Waals surface area (Å²) in [4.78, 5) is 24.1. The molecule has 0 unspecified atom stereocenters. The molecule has 9 nitrogen and oxygen atoms in total. The number of carbonyl (C=O) groups is 2. The second-order valence-corrected chi connectivity index (χ2v) is 7.72. The molecule has 1 aromatic rings. The van der Waals surface area contributed by atoms with Gasteiger partial charge in [0.2, 0.25) is 0 Å². The lowest BCUT2D eigenvalue weighted by molar-refractivity contribution is -0.151. The Morgan fingerprint density at radius 1 is 1.35 bits per heavy atom. The van der Waals surface area contributed by atoms with Crippen molar-refractivity contribution in [3.05, 3.63) is 65.5 Å². The van der Waals surface area contributed by atoms with Gasteiger partial charge in [0.15, 0.2) is 0 Å². The summed E-state index contributed by atoms with van der Waals surface area (Å²) in [6.07, 6.45) is 3.55. The Morgan fingerprint density at radius 2 is 2.03 bits per heavy atom. The van der Waals surface area contributed by atoms with Gasteiger partial charge in [0.05, 0.1) is 18.1 Å². The molecule has 1 heterocycles. The number of carboxylic acid groups (broad SMARTS) is 1. The van der Waals surface area contributed by atoms with Crippen molar-refractivity contribution in [3.63, 3.8) is 0 Å². The monoisotopic (exact) mass is 425 g/mol. The maximum Gasteiger partial charge on any atom is 0.311 e. The fourth-order valence-electron chi connectivity index (χ4n) is 3.09. The van der Waals surface area contributed by atoms with Gasteiger partial charge in [0.1, 0.15) is 5.70 Å². The minimum atomic E-state index is -1.40. The summed E-state index contributed by atoms with van der Waals surface area (Å²) in [6, 6.07) is 8.95. The topological polar surface area (TPSA) is 147 Å². The SMILES string of the molecule is C=C(/C=C(\C)C#N)c1ccc(C[C@H](C[C@@](C)(CO)C(=O)O)NC(=O)C2=CNNN2)cc1. The van der Waals surface area contributed by atoms with E-state index in [-0.39, 0.29) is 12.1 Å². The van der Waals surface area contributed by atoms with Crippen LogP contribution in [0.5, 0.6) is 0 Å². The molecule has 9 heteroatoms. The first-order chi connectivity index (χ1) is 14.7. The molecule has 0 saturated carbocycles. The van der Waals surface area contributed by atoms with Crippen molar-refractivity contribution in [1.29, 1.82) is 5.26 Å². The van der Waals surface area contributed by atoms with Gasteiger partial charge >= 0.3 is 5.97 Å². The summed E-state index contributed by atoms with van der Waals surface area (Å²) >= 11 is 0. The highest BCUT2D eigenvalue weighted by atomic mass is 16.4. The van der Waals surface area contributed by atoms with E-state index in [2.05, 4.69) is 34.4 Å². The summed E-state index contributed by atoms with van der Waals surface area (Å²) in [6.45, 7) is 6.56. The lowest BCUT2D eigenvalue weighted by Crippen LogP contribution is -2.46. The van der Waals surface area contributed by atoms with Gasteiger partial charge in [-0.1, -0.05) is 30.8 Å². The molecular formula is C22H27N5O4. The van der Waals surface area contributed by atoms with Gasteiger partial charge in [0.25, 0.3) is 5.91 Å². The summed E-state index contributed by atoms with van der Waals surface area (Å²) in [5.74, 6) is -1.54. The molecule has 164 valence electrons. The molecule has 1 aromatic carbocycles. The van der Waals surface area contributed by atoms with Crippen molar-refractivity contribution >= 4 is 17.4 Å². The molecular weight excluding hydrogens is 398 g/mol. The van der Waals surface area contributed by atoms with Gasteiger partial charge in [-0.2, -0.15) is 10.8 Å². The molecule has 0 bridgehead atoms. The average Bonchev–Trinajstić information content (AvgIpc) is 3.28. The minimum Gasteiger partial charge on any atom is -0.481 e. The smallest absolute Gasteiger partial charge is 0.311 e. The van der Waals surface area contributed by atoms with E-state index in [1.165, 1.54) is 13.1 Å². The predicted molar refractivity (Wildman–Crippen MR) is 115 cm³/mol. The number of benzene rings is 1. The Hall–Kier alpha value is -3.61. The quantitative estimate of drug-likeness (QED) is 0.242. The standard InChI is InChI=1S/C22H27N5O4/c1-14(11-23)8-15(2)17-6-4-16(5-7-17)9-18(10-22(3,13-28)21(30)31)25-20(29)19-12-24-27-26-19/h4-8,12,18,24,26-28H,2,9-10,13H2,1,3H3,(H,25,29)(H,30,31)/b14-8+/t18-,22+/m1/s1. The van der Waals surface area contributed by atoms with Crippen molar-refractivity contribution in [3.8, 4) is 6.07 Å². The molecule has 6 N–H and O–H groups in total. The van der Waals surface area contributed by atoms with Crippen LogP contribution in [0, 0.1) is 16.7 Å². The first kappa shape index (κ1) is 23.7. The minimum absolute atomic E-state index is 0.0390. The highest BCUT2D eigenvalue weighted by Gasteiger charge is 2.36. The van der Waals surface area contributed by atoms with Gasteiger partial charge in [-0.25, -0.2) is 0 Å². The summed E-state index contributed by atoms with van der Waals surface area (Å²) in [5.41, 5.74) is 9.69. The van der Waals surface area contributed by atoms with Crippen molar-refractivity contribution in [1.82, 2.24) is 21.7 Å². The number of nitrogens with one attached hydrogen (secondary N) is 4. The largest absolute Gasteiger partial charge is 0.481 e. The highest BCUT2D eigenvalue weighted by Crippen LogP contribution is 2.25. The summed E-state index contributed by atoms with van der Waals surface area (Å²) in [5, 5.41) is 30.9. The molecule has 2 atom stereocenters. The third-order valence-electron chi connectivity index (χ3n) is 5.00. The van der Waals surface area contributed by atoms with Gasteiger partial charge in [0, 0.05) is 17.8 Å². The molecule has 0 fully saturated rings. The number of aliphatic hydroxyl groups is 1. The van der Waals surface area contributed by atoms with Gasteiger partial charge in [-0.3, -0.25) is 15.0 Å². The van der Waals surface area contributed by atoms with Crippen LogP contribution in [0.3, 0.4) is 0 Å². The van der Waals surface area contributed by atoms with Crippen LogP contribution in [-0.2, 0) is 16.0 Å². The van der Waals surface area contributed by atoms with E-state index in [1.54, 1.807) is 13.0 Å². The number of rotatable bonds is 10. The van der Waals surface area contributed by atoms with E-state index < -0.39 is 29.9 Å². The third kappa shape index (κ3) is 6.44. The van der Waals surface area contributed by atoms with E-state index >= 15 is 0 Å². The van der Waals surface area contributed by atoms with Crippen LogP contribution in [0.15, 0.2) is 54.4 Å². The fourth-order valence-corrected chi connectivity index (χ4v) is 3.09. The second kappa shape index (κ2) is 10.4. The lowest BCUT2D eigenvalue weighted by Gasteiger charge is -2.28. The zero-order valence-electron chi connectivity index (χ0n) is 17.5. The first-order valence-electron chi connectivity index (χ1n) is 9.67. The van der Waals surface area contributed by atoms with Gasteiger partial charge < -0.3 is 21.0 Å². The molecule has 0 spiro atoms. The molecule has 0 radical (unpaired) electrons. The number of carboxylic acids is 1. The Kier molecular flexibility index (Phi) is 7.96. The van der Waals surface area contributed by atoms with Crippen LogP contribution >= 0.6 is 0 Å². The number of aliphatic hydroxyl groups excluding tert-OH is 1. The lowest BCUT2D eigenvalue weighted by atomic mass is 9.82. The highest BCUT2D eigenvalue weighted by molar-refractivity contribution is 5.93. The molecule has 1 aliphatic heterocycles. The number of hydrogen-bond donors (Lipinski definition) is 6. The molecule has 0 saturated heterocycles. The van der Waals surface area contributed by atoms with Crippen LogP contribution in [0.4, 0.5) is 0 Å². The van der Waals surface area contributed by atoms with E-state index in [9.17, 15) is 19.8 Å². The first-order valence-corrected chi connectivity index (χ1v) is 9.67. The zero-order valence-corrected chi connectivity index (χ0v) is 17.5. The zero-order chi connectivity index (χ0) is 23.0. The predicted octanol–water partition coefficient (Wildman–Crippen LogP) is 1.12. The van der Waals surface area contributed by atoms with Crippen molar-refractivity contribution < 1.29 is 19.8 Å². The van der Waals surface area contributed by atoms with Crippen molar-refractivity contribution in [2.24, 2.45) is 5.41 Å². The Bertz CT molecular complexity index is 946. The molecule has 31 heavy (non-hydrogen) atoms. The number of aliphatic carboxylic acids is 1. The van der Waals surface area contributed by atoms with E-state index in [1.807, 2.05) is 24.3 Å². The average molecular weight is 425 g/mol. The van der Waals surface area contributed by atoms with Crippen LogP contribution in [0.25, 0.3) is 5.57 Å². The number of nitrogens with zero attached hydrogens (tertiary/aromatic N) is 1. The van der Waals surface area contributed by atoms with Crippen LogP contribution < -0.4 is 21.7 Å². The van der Waals surface area contributed by atoms with Crippen LogP contribution in [0.2, 0.25) is 0 Å². The van der Waals surface area contributed by atoms with Crippen molar-refractivity contribution in [2.45, 2.75) is 32.7 Å². The second-order valence-electron chi connectivity index (χ2n) is 7.72. The molecule has 1 amide bonds. The van der Waals surface area contributed by atoms with Gasteiger partial charge in [-0.05, 0) is 49.5 Å². The summed E-state index contributed by atoms with van der Waals surface area (Å²) in [7, 11) is 0. The fraction of sp³-hybridized carbons (Fsp3) is 0.318. The number of amides is 1. The van der Waals surface area contributed by atoms with E-state index in [4.69, 9.17) is 5.26 Å². The van der Waals surface area contributed by atoms with Gasteiger partial charge in [-0.15, -0.1) is 0 Å². The molecule has 0 aliphatic carbocycles. The maximum atomic E-state index is 12.5. The number of allylic oxidation sites excluding steroid dienone is 3. The van der Waals surface area contributed by atoms with E-state index in [0.717, 1.165) is 11.1 Å². The number of hydrazine groups is 2. The summed E-state index contributed by atoms with van der Waals surface area (Å²) < 4.78 is 0. The number of hydrogen-bond acceptors (Lipinski definition) is 7. The number of carbonyl (C=O) groups excluding carboxylic acids is 1. The van der Waals surface area contributed by atoms with Crippen LogP contribution in [-0.4, -0.2) is 34.7 Å². The molecule has 0 aromatic heterocycles. The maximum absolute atomic E-state index is 12.5. The molecule has 2 rings (SSSR count). The Balaban J connectivity index is 2.19. The van der Waals surface area contributed by atoms with E-state index in [0.29, 0.717) is 17.6 Å².